The van der Waals surface area contributed by atoms with E-state index in [1.165, 1.54) is 0 Å². The van der Waals surface area contributed by atoms with Gasteiger partial charge in [0.1, 0.15) is 5.41 Å². The molecule has 0 aromatic rings. The molecule has 2 aliphatic rings. The van der Waals surface area contributed by atoms with Crippen molar-refractivity contribution in [2.45, 2.75) is 31.3 Å². The third-order valence-corrected chi connectivity index (χ3v) is 3.67. The summed E-state index contributed by atoms with van der Waals surface area (Å²) in [6.45, 7) is 2.15. The van der Waals surface area contributed by atoms with Gasteiger partial charge in [0.2, 0.25) is 0 Å². The zero-order valence-electron chi connectivity index (χ0n) is 8.87. The average molecular weight is 211 g/mol. The molecule has 4 heteroatoms. The van der Waals surface area contributed by atoms with Gasteiger partial charge < -0.3 is 14.6 Å². The van der Waals surface area contributed by atoms with Crippen LogP contribution in [0.1, 0.15) is 25.7 Å². The number of hydrogen-bond acceptors (Lipinski definition) is 4. The lowest BCUT2D eigenvalue weighted by Crippen LogP contribution is -2.54. The lowest BCUT2D eigenvalue weighted by molar-refractivity contribution is -0.160. The fourth-order valence-corrected chi connectivity index (χ4v) is 2.54. The molecule has 4 nitrogen and oxygen atoms in total. The molecular formula is C11H17NO3. The zero-order valence-corrected chi connectivity index (χ0v) is 8.87. The molecule has 2 aliphatic heterocycles. The average Bonchev–Trinajstić information content (AvgIpc) is 2.31. The molecule has 2 rings (SSSR count). The first-order valence-electron chi connectivity index (χ1n) is 5.52. The van der Waals surface area contributed by atoms with Crippen molar-refractivity contribution in [3.63, 3.8) is 0 Å². The molecule has 0 bridgehead atoms. The molecule has 2 fully saturated rings. The van der Waals surface area contributed by atoms with Crippen LogP contribution in [0.2, 0.25) is 0 Å². The fraction of sp³-hybridized carbons (Fsp3) is 0.909. The molecule has 0 aromatic carbocycles. The number of ether oxygens (including phenoxy) is 2. The van der Waals surface area contributed by atoms with Crippen molar-refractivity contribution in [3.8, 4) is 6.07 Å². The van der Waals surface area contributed by atoms with E-state index in [4.69, 9.17) is 9.47 Å². The Morgan fingerprint density at radius 2 is 1.80 bits per heavy atom. The zero-order chi connectivity index (χ0) is 10.8. The molecule has 84 valence electrons. The summed E-state index contributed by atoms with van der Waals surface area (Å²) in [6.07, 6.45) is 2.69. The van der Waals surface area contributed by atoms with Crippen LogP contribution in [0.25, 0.3) is 0 Å². The predicted molar refractivity (Wildman–Crippen MR) is 53.1 cm³/mol. The lowest BCUT2D eigenvalue weighted by atomic mass is 9.66. The largest absolute Gasteiger partial charge is 0.388 e. The summed E-state index contributed by atoms with van der Waals surface area (Å²) in [5, 5.41) is 19.9. The van der Waals surface area contributed by atoms with E-state index < -0.39 is 11.0 Å². The van der Waals surface area contributed by atoms with Crippen molar-refractivity contribution in [2.75, 3.05) is 26.4 Å². The van der Waals surface area contributed by atoms with Crippen LogP contribution in [-0.4, -0.2) is 37.1 Å². The van der Waals surface area contributed by atoms with Crippen molar-refractivity contribution in [2.24, 2.45) is 5.41 Å². The molecule has 0 amide bonds. The Morgan fingerprint density at radius 3 is 2.33 bits per heavy atom. The SMILES string of the molecule is N#CC1(C2(O)CCOCC2)CCCOC1. The minimum Gasteiger partial charge on any atom is -0.388 e. The van der Waals surface area contributed by atoms with Gasteiger partial charge in [0.25, 0.3) is 0 Å². The van der Waals surface area contributed by atoms with Gasteiger partial charge in [-0.15, -0.1) is 0 Å². The van der Waals surface area contributed by atoms with Gasteiger partial charge in [0, 0.05) is 32.7 Å². The van der Waals surface area contributed by atoms with Gasteiger partial charge in [0.15, 0.2) is 0 Å². The van der Waals surface area contributed by atoms with Gasteiger partial charge in [-0.1, -0.05) is 0 Å². The quantitative estimate of drug-likeness (QED) is 0.698. The van der Waals surface area contributed by atoms with E-state index in [9.17, 15) is 10.4 Å². The van der Waals surface area contributed by atoms with Crippen LogP contribution in [0, 0.1) is 16.7 Å². The standard InChI is InChI=1S/C11H17NO3/c12-8-10(2-1-5-15-9-10)11(13)3-6-14-7-4-11/h13H,1-7,9H2. The first-order chi connectivity index (χ1) is 7.22. The first-order valence-corrected chi connectivity index (χ1v) is 5.52. The second-order valence-corrected chi connectivity index (χ2v) is 4.49. The van der Waals surface area contributed by atoms with Crippen molar-refractivity contribution in [1.82, 2.24) is 0 Å². The normalized spacial score (nSPS) is 35.7. The molecule has 1 N–H and O–H groups in total. The van der Waals surface area contributed by atoms with Crippen LogP contribution in [-0.2, 0) is 9.47 Å². The Bertz CT molecular complexity index is 259. The lowest BCUT2D eigenvalue weighted by Gasteiger charge is -2.46. The molecule has 1 unspecified atom stereocenters. The van der Waals surface area contributed by atoms with Gasteiger partial charge >= 0.3 is 0 Å². The summed E-state index contributed by atoms with van der Waals surface area (Å²) >= 11 is 0. The molecule has 15 heavy (non-hydrogen) atoms. The van der Waals surface area contributed by atoms with E-state index in [0.717, 1.165) is 12.8 Å². The van der Waals surface area contributed by atoms with Crippen LogP contribution in [0.3, 0.4) is 0 Å². The number of rotatable bonds is 1. The molecule has 2 saturated heterocycles. The highest BCUT2D eigenvalue weighted by molar-refractivity contribution is 5.13. The fourth-order valence-electron chi connectivity index (χ4n) is 2.54. The van der Waals surface area contributed by atoms with E-state index in [2.05, 4.69) is 6.07 Å². The van der Waals surface area contributed by atoms with Gasteiger partial charge in [0.05, 0.1) is 18.3 Å². The van der Waals surface area contributed by atoms with Crippen LogP contribution < -0.4 is 0 Å². The molecule has 2 heterocycles. The second kappa shape index (κ2) is 4.09. The van der Waals surface area contributed by atoms with Crippen molar-refractivity contribution in [3.05, 3.63) is 0 Å². The van der Waals surface area contributed by atoms with E-state index in [1.807, 2.05) is 0 Å². The summed E-state index contributed by atoms with van der Waals surface area (Å²) in [6, 6.07) is 2.30. The minimum atomic E-state index is -0.916. The van der Waals surface area contributed by atoms with Crippen molar-refractivity contribution >= 4 is 0 Å². The van der Waals surface area contributed by atoms with E-state index >= 15 is 0 Å². The molecule has 0 aliphatic carbocycles. The monoisotopic (exact) mass is 211 g/mol. The highest BCUT2D eigenvalue weighted by atomic mass is 16.5. The van der Waals surface area contributed by atoms with Gasteiger partial charge in [-0.2, -0.15) is 5.26 Å². The third-order valence-electron chi connectivity index (χ3n) is 3.67. The van der Waals surface area contributed by atoms with E-state index in [-0.39, 0.29) is 0 Å². The molecule has 0 radical (unpaired) electrons. The topological polar surface area (TPSA) is 62.5 Å². The summed E-state index contributed by atoms with van der Waals surface area (Å²) in [7, 11) is 0. The van der Waals surface area contributed by atoms with E-state index in [1.54, 1.807) is 0 Å². The highest BCUT2D eigenvalue weighted by Crippen LogP contribution is 2.44. The number of aliphatic hydroxyl groups is 1. The predicted octanol–water partition coefficient (Wildman–Crippen LogP) is 0.848. The van der Waals surface area contributed by atoms with Crippen molar-refractivity contribution < 1.29 is 14.6 Å². The first kappa shape index (κ1) is 10.9. The summed E-state index contributed by atoms with van der Waals surface area (Å²) in [4.78, 5) is 0. The van der Waals surface area contributed by atoms with Crippen LogP contribution in [0.5, 0.6) is 0 Å². The van der Waals surface area contributed by atoms with Gasteiger partial charge in [-0.25, -0.2) is 0 Å². The van der Waals surface area contributed by atoms with Crippen LogP contribution in [0.4, 0.5) is 0 Å². The molecular weight excluding hydrogens is 194 g/mol. The number of hydrogen-bond donors (Lipinski definition) is 1. The summed E-state index contributed by atoms with van der Waals surface area (Å²) in [5.74, 6) is 0. The highest BCUT2D eigenvalue weighted by Gasteiger charge is 2.52. The smallest absolute Gasteiger partial charge is 0.109 e. The maximum Gasteiger partial charge on any atom is 0.109 e. The Kier molecular flexibility index (Phi) is 2.96. The Morgan fingerprint density at radius 1 is 1.07 bits per heavy atom. The molecule has 0 saturated carbocycles. The maximum absolute atomic E-state index is 10.6. The Labute approximate surface area is 89.8 Å². The summed E-state index contributed by atoms with van der Waals surface area (Å²) in [5.41, 5.74) is -1.63. The Hall–Kier alpha value is -0.630. The summed E-state index contributed by atoms with van der Waals surface area (Å²) < 4.78 is 10.6. The Balaban J connectivity index is 2.19. The maximum atomic E-state index is 10.6. The van der Waals surface area contributed by atoms with Crippen LogP contribution >= 0.6 is 0 Å². The van der Waals surface area contributed by atoms with Crippen LogP contribution in [0.15, 0.2) is 0 Å². The molecule has 0 aromatic heterocycles. The third kappa shape index (κ3) is 1.76. The van der Waals surface area contributed by atoms with Crippen molar-refractivity contribution in [1.29, 1.82) is 5.26 Å². The number of nitriles is 1. The molecule has 1 atom stereocenters. The minimum absolute atomic E-state index is 0.361. The van der Waals surface area contributed by atoms with Gasteiger partial charge in [-0.3, -0.25) is 0 Å². The van der Waals surface area contributed by atoms with E-state index in [0.29, 0.717) is 39.3 Å². The number of nitrogens with zero attached hydrogens (tertiary/aromatic N) is 1. The van der Waals surface area contributed by atoms with Gasteiger partial charge in [-0.05, 0) is 12.8 Å². The second-order valence-electron chi connectivity index (χ2n) is 4.49. The molecule has 0 spiro atoms.